The number of hydrogen-bond donors (Lipinski definition) is 1. The van der Waals surface area contributed by atoms with Gasteiger partial charge in [-0.25, -0.2) is 8.42 Å². The molecule has 10 heteroatoms. The van der Waals surface area contributed by atoms with Crippen molar-refractivity contribution in [2.24, 2.45) is 0 Å². The molecule has 0 radical (unpaired) electrons. The molecule has 7 nitrogen and oxygen atoms in total. The minimum Gasteiger partial charge on any atom is -0.282 e. The monoisotopic (exact) mass is 344 g/mol. The lowest BCUT2D eigenvalue weighted by atomic mass is 10.4. The van der Waals surface area contributed by atoms with Gasteiger partial charge in [-0.1, -0.05) is 15.9 Å². The van der Waals surface area contributed by atoms with Gasteiger partial charge in [0.25, 0.3) is 10.1 Å². The lowest BCUT2D eigenvalue weighted by Crippen LogP contribution is -2.13. The van der Waals surface area contributed by atoms with Gasteiger partial charge in [-0.2, -0.15) is 13.5 Å². The van der Waals surface area contributed by atoms with Crippen LogP contribution in [0.5, 0.6) is 0 Å². The Morgan fingerprint density at radius 2 is 1.88 bits per heavy atom. The van der Waals surface area contributed by atoms with Crippen LogP contribution in [0.3, 0.4) is 0 Å². The van der Waals surface area contributed by atoms with Crippen molar-refractivity contribution in [3.8, 4) is 0 Å². The molecule has 1 heterocycles. The molecule has 0 saturated carbocycles. The van der Waals surface area contributed by atoms with Crippen molar-refractivity contribution >= 4 is 35.9 Å². The zero-order valence-electron chi connectivity index (χ0n) is 8.66. The van der Waals surface area contributed by atoms with Crippen LogP contribution in [0.15, 0.2) is 16.0 Å². The fourth-order valence-electron chi connectivity index (χ4n) is 1.04. The largest absolute Gasteiger partial charge is 0.296 e. The van der Waals surface area contributed by atoms with E-state index in [1.807, 2.05) is 0 Å². The van der Waals surface area contributed by atoms with Gasteiger partial charge in [-0.05, 0) is 6.92 Å². The SMILES string of the molecule is Cc1nnc(S(=O)(=O)CCBr)cc1S(=O)(=O)O. The van der Waals surface area contributed by atoms with Gasteiger partial charge >= 0.3 is 0 Å². The third kappa shape index (κ3) is 3.44. The van der Waals surface area contributed by atoms with E-state index in [-0.39, 0.29) is 16.8 Å². The number of hydrogen-bond acceptors (Lipinski definition) is 6. The second-order valence-electron chi connectivity index (χ2n) is 3.12. The van der Waals surface area contributed by atoms with E-state index in [4.69, 9.17) is 4.55 Å². The Morgan fingerprint density at radius 3 is 2.35 bits per heavy atom. The molecule has 17 heavy (non-hydrogen) atoms. The first kappa shape index (κ1) is 14.5. The van der Waals surface area contributed by atoms with E-state index in [0.29, 0.717) is 0 Å². The minimum atomic E-state index is -4.51. The average Bonchev–Trinajstić information content (AvgIpc) is 2.15. The van der Waals surface area contributed by atoms with E-state index in [9.17, 15) is 16.8 Å². The predicted octanol–water partition coefficient (Wildman–Crippen LogP) is 0.200. The molecular formula is C7H9BrN2O5S2. The van der Waals surface area contributed by atoms with Crippen LogP contribution in [0.1, 0.15) is 5.69 Å². The maximum Gasteiger partial charge on any atom is 0.296 e. The fourth-order valence-corrected chi connectivity index (χ4v) is 3.94. The number of alkyl halides is 1. The van der Waals surface area contributed by atoms with Crippen molar-refractivity contribution in [1.82, 2.24) is 10.2 Å². The highest BCUT2D eigenvalue weighted by atomic mass is 79.9. The maximum atomic E-state index is 11.6. The van der Waals surface area contributed by atoms with Crippen LogP contribution in [0.25, 0.3) is 0 Å². The van der Waals surface area contributed by atoms with E-state index >= 15 is 0 Å². The predicted molar refractivity (Wildman–Crippen MR) is 62.4 cm³/mol. The van der Waals surface area contributed by atoms with Gasteiger partial charge < -0.3 is 0 Å². The summed E-state index contributed by atoms with van der Waals surface area (Å²) in [6.45, 7) is 1.30. The van der Waals surface area contributed by atoms with Gasteiger partial charge in [0.05, 0.1) is 11.4 Å². The molecule has 0 aliphatic carbocycles. The van der Waals surface area contributed by atoms with Gasteiger partial charge in [0.1, 0.15) is 4.90 Å². The first-order valence-corrected chi connectivity index (χ1v) is 8.50. The molecule has 0 atom stereocenters. The summed E-state index contributed by atoms with van der Waals surface area (Å²) in [7, 11) is -8.22. The summed E-state index contributed by atoms with van der Waals surface area (Å²) in [5.41, 5.74) is -0.0645. The van der Waals surface area contributed by atoms with Gasteiger partial charge in [-0.15, -0.1) is 5.10 Å². The van der Waals surface area contributed by atoms with E-state index < -0.39 is 29.9 Å². The third-order valence-corrected chi connectivity index (χ3v) is 5.32. The van der Waals surface area contributed by atoms with Crippen LogP contribution in [-0.4, -0.2) is 42.7 Å². The maximum absolute atomic E-state index is 11.6. The van der Waals surface area contributed by atoms with Crippen molar-refractivity contribution in [2.45, 2.75) is 16.8 Å². The highest BCUT2D eigenvalue weighted by Gasteiger charge is 2.22. The number of sulfone groups is 1. The first-order chi connectivity index (χ1) is 7.68. The molecule has 0 aliphatic rings. The Balaban J connectivity index is 3.43. The second kappa shape index (κ2) is 4.96. The van der Waals surface area contributed by atoms with E-state index in [2.05, 4.69) is 26.1 Å². The van der Waals surface area contributed by atoms with Crippen molar-refractivity contribution < 1.29 is 21.4 Å². The fraction of sp³-hybridized carbons (Fsp3) is 0.429. The molecule has 96 valence electrons. The van der Waals surface area contributed by atoms with E-state index in [1.165, 1.54) is 6.92 Å². The van der Waals surface area contributed by atoms with Crippen LogP contribution in [0, 0.1) is 6.92 Å². The van der Waals surface area contributed by atoms with Gasteiger partial charge in [0.15, 0.2) is 14.9 Å². The molecule has 0 aliphatic heterocycles. The van der Waals surface area contributed by atoms with Crippen molar-refractivity contribution in [2.75, 3.05) is 11.1 Å². The van der Waals surface area contributed by atoms with E-state index in [0.717, 1.165) is 6.07 Å². The Hall–Kier alpha value is -0.580. The normalized spacial score (nSPS) is 12.6. The molecule has 0 fully saturated rings. The first-order valence-electron chi connectivity index (χ1n) is 4.29. The summed E-state index contributed by atoms with van der Waals surface area (Å²) >= 11 is 2.96. The highest BCUT2D eigenvalue weighted by molar-refractivity contribution is 9.09. The van der Waals surface area contributed by atoms with Gasteiger partial charge in [0.2, 0.25) is 0 Å². The Bertz CT molecular complexity index is 626. The summed E-state index contributed by atoms with van der Waals surface area (Å²) in [6.07, 6.45) is 0. The molecule has 0 spiro atoms. The Kier molecular flexibility index (Phi) is 4.23. The van der Waals surface area contributed by atoms with Crippen molar-refractivity contribution in [1.29, 1.82) is 0 Å². The zero-order valence-corrected chi connectivity index (χ0v) is 11.9. The topological polar surface area (TPSA) is 114 Å². The standard InChI is InChI=1S/C7H9BrN2O5S2/c1-5-6(17(13,14)15)4-7(10-9-5)16(11,12)3-2-8/h4H,2-3H2,1H3,(H,13,14,15). The van der Waals surface area contributed by atoms with Crippen molar-refractivity contribution in [3.63, 3.8) is 0 Å². The summed E-state index contributed by atoms with van der Waals surface area (Å²) in [4.78, 5) is -0.555. The zero-order chi connectivity index (χ0) is 13.3. The van der Waals surface area contributed by atoms with E-state index in [1.54, 1.807) is 0 Å². The van der Waals surface area contributed by atoms with Crippen molar-refractivity contribution in [3.05, 3.63) is 11.8 Å². The number of aromatic nitrogens is 2. The molecule has 0 bridgehead atoms. The van der Waals surface area contributed by atoms with Crippen LogP contribution in [0.2, 0.25) is 0 Å². The van der Waals surface area contributed by atoms with Crippen LogP contribution in [-0.2, 0) is 20.0 Å². The molecular weight excluding hydrogens is 336 g/mol. The lowest BCUT2D eigenvalue weighted by Gasteiger charge is -2.04. The summed E-state index contributed by atoms with van der Waals surface area (Å²) < 4.78 is 54.1. The van der Waals surface area contributed by atoms with Crippen LogP contribution in [0.4, 0.5) is 0 Å². The minimum absolute atomic E-state index is 0.0645. The number of aryl methyl sites for hydroxylation is 1. The molecule has 0 saturated heterocycles. The smallest absolute Gasteiger partial charge is 0.282 e. The molecule has 0 aromatic carbocycles. The average molecular weight is 345 g/mol. The molecule has 1 aromatic heterocycles. The molecule has 1 aromatic rings. The van der Waals surface area contributed by atoms with Gasteiger partial charge in [0, 0.05) is 11.4 Å². The summed E-state index contributed by atoms with van der Waals surface area (Å²) in [5, 5.41) is 6.53. The highest BCUT2D eigenvalue weighted by Crippen LogP contribution is 2.16. The number of halogens is 1. The quantitative estimate of drug-likeness (QED) is 0.612. The number of nitrogens with zero attached hydrogens (tertiary/aromatic N) is 2. The summed E-state index contributed by atoms with van der Waals surface area (Å²) in [6, 6.07) is 0.801. The lowest BCUT2D eigenvalue weighted by molar-refractivity contribution is 0.481. The summed E-state index contributed by atoms with van der Waals surface area (Å²) in [5.74, 6) is -0.240. The molecule has 1 rings (SSSR count). The van der Waals surface area contributed by atoms with Gasteiger partial charge in [-0.3, -0.25) is 4.55 Å². The Labute approximate surface area is 107 Å². The molecule has 1 N–H and O–H groups in total. The molecule has 0 unspecified atom stereocenters. The number of rotatable bonds is 4. The Morgan fingerprint density at radius 1 is 1.29 bits per heavy atom. The molecule has 0 amide bonds. The third-order valence-electron chi connectivity index (χ3n) is 1.85. The van der Waals surface area contributed by atoms with Crippen LogP contribution < -0.4 is 0 Å². The second-order valence-corrected chi connectivity index (χ2v) is 7.35. The van der Waals surface area contributed by atoms with Crippen LogP contribution >= 0.6 is 15.9 Å².